The van der Waals surface area contributed by atoms with E-state index < -0.39 is 7.60 Å². The summed E-state index contributed by atoms with van der Waals surface area (Å²) in [4.78, 5) is 9.38. The van der Waals surface area contributed by atoms with Crippen molar-refractivity contribution < 1.29 is 14.0 Å². The van der Waals surface area contributed by atoms with Crippen molar-refractivity contribution in [3.63, 3.8) is 0 Å². The van der Waals surface area contributed by atoms with Crippen LogP contribution in [0.3, 0.4) is 0 Å². The summed E-state index contributed by atoms with van der Waals surface area (Å²) < 4.78 is 16.4. The normalized spacial score (nSPS) is 14.3. The molecule has 14 heavy (non-hydrogen) atoms. The molecule has 0 bridgehead atoms. The summed E-state index contributed by atoms with van der Waals surface area (Å²) in [5.74, 6) is 0.432. The molecule has 0 aromatic heterocycles. The van der Waals surface area contributed by atoms with E-state index in [1.807, 2.05) is 6.07 Å². The molecule has 0 heterocycles. The first kappa shape index (κ1) is 13.7. The number of hydrogen-bond acceptors (Lipinski definition) is 2. The molecule has 1 aromatic rings. The van der Waals surface area contributed by atoms with Crippen molar-refractivity contribution >= 4 is 25.0 Å². The largest absolute Gasteiger partial charge is 0.424 e. The molecule has 1 unspecified atom stereocenters. The lowest BCUT2D eigenvalue weighted by molar-refractivity contribution is 0.370. The molecule has 0 saturated heterocycles. The molecule has 0 spiro atoms. The van der Waals surface area contributed by atoms with Gasteiger partial charge in [0.1, 0.15) is 5.75 Å². The van der Waals surface area contributed by atoms with Gasteiger partial charge in [0.15, 0.2) is 17.4 Å². The van der Waals surface area contributed by atoms with Crippen molar-refractivity contribution in [2.24, 2.45) is 0 Å². The second-order valence-corrected chi connectivity index (χ2v) is 5.41. The van der Waals surface area contributed by atoms with Gasteiger partial charge < -0.3 is 9.42 Å². The van der Waals surface area contributed by atoms with Gasteiger partial charge in [-0.2, -0.15) is 0 Å². The standard InChI is InChI=1S/C9H13O3P.Al.3H/c1-8(2)13(10,11)12-9-6-4-3-5-7-9;;;;/h3-8H,1-2H3,(H,10,11);;;;. The van der Waals surface area contributed by atoms with Crippen LogP contribution in [0.2, 0.25) is 0 Å². The highest BCUT2D eigenvalue weighted by molar-refractivity contribution is 7.53. The predicted molar refractivity (Wildman–Crippen MR) is 62.0 cm³/mol. The average Bonchev–Trinajstić information content (AvgIpc) is 2.05. The van der Waals surface area contributed by atoms with E-state index in [0.29, 0.717) is 5.75 Å². The van der Waals surface area contributed by atoms with Gasteiger partial charge in [-0.05, 0) is 12.1 Å². The Hall–Kier alpha value is -0.258. The molecule has 0 radical (unpaired) electrons. The van der Waals surface area contributed by atoms with Crippen LogP contribution in [0.1, 0.15) is 13.8 Å². The highest BCUT2D eigenvalue weighted by Gasteiger charge is 2.25. The van der Waals surface area contributed by atoms with E-state index in [1.54, 1.807) is 38.1 Å². The zero-order valence-corrected chi connectivity index (χ0v) is 8.57. The summed E-state index contributed by atoms with van der Waals surface area (Å²) >= 11 is 0. The summed E-state index contributed by atoms with van der Waals surface area (Å²) in [6.07, 6.45) is 0. The summed E-state index contributed by atoms with van der Waals surface area (Å²) in [5.41, 5.74) is -0.382. The minimum atomic E-state index is -3.49. The highest BCUT2D eigenvalue weighted by atomic mass is 31.2. The first-order valence-electron chi connectivity index (χ1n) is 4.09. The second kappa shape index (κ2) is 5.58. The van der Waals surface area contributed by atoms with Gasteiger partial charge >= 0.3 is 7.60 Å². The SMILES string of the molecule is CC(C)P(=O)(O)Oc1ccccc1.[AlH3]. The lowest BCUT2D eigenvalue weighted by Crippen LogP contribution is -2.03. The molecule has 5 heteroatoms. The molecular formula is C9H16AlO3P. The van der Waals surface area contributed by atoms with Gasteiger partial charge in [-0.15, -0.1) is 0 Å². The summed E-state index contributed by atoms with van der Waals surface area (Å²) in [7, 11) is -3.49. The van der Waals surface area contributed by atoms with E-state index in [4.69, 9.17) is 4.52 Å². The van der Waals surface area contributed by atoms with E-state index in [-0.39, 0.29) is 23.0 Å². The number of hydrogen-bond donors (Lipinski definition) is 1. The minimum Gasteiger partial charge on any atom is -0.424 e. The molecule has 1 atom stereocenters. The van der Waals surface area contributed by atoms with Crippen LogP contribution in [0.4, 0.5) is 0 Å². The molecule has 78 valence electrons. The van der Waals surface area contributed by atoms with Gasteiger partial charge in [0.2, 0.25) is 0 Å². The summed E-state index contributed by atoms with van der Waals surface area (Å²) in [6, 6.07) is 8.66. The Balaban J connectivity index is 0.00000169. The molecule has 1 rings (SSSR count). The van der Waals surface area contributed by atoms with Crippen LogP contribution in [-0.4, -0.2) is 27.9 Å². The zero-order valence-electron chi connectivity index (χ0n) is 7.68. The molecule has 0 aliphatic heterocycles. The Morgan fingerprint density at radius 3 is 2.21 bits per heavy atom. The van der Waals surface area contributed by atoms with E-state index >= 15 is 0 Å². The monoisotopic (exact) mass is 230 g/mol. The fraction of sp³-hybridized carbons (Fsp3) is 0.333. The Morgan fingerprint density at radius 2 is 1.79 bits per heavy atom. The third kappa shape index (κ3) is 3.86. The molecule has 0 aliphatic rings. The molecule has 0 aliphatic carbocycles. The van der Waals surface area contributed by atoms with Crippen molar-refractivity contribution in [2.75, 3.05) is 0 Å². The van der Waals surface area contributed by atoms with Crippen LogP contribution >= 0.6 is 7.60 Å². The number of benzene rings is 1. The van der Waals surface area contributed by atoms with Gasteiger partial charge in [-0.3, -0.25) is 0 Å². The van der Waals surface area contributed by atoms with Gasteiger partial charge in [0.25, 0.3) is 0 Å². The van der Waals surface area contributed by atoms with E-state index in [1.165, 1.54) is 0 Å². The highest BCUT2D eigenvalue weighted by Crippen LogP contribution is 2.46. The lowest BCUT2D eigenvalue weighted by atomic mass is 10.3. The van der Waals surface area contributed by atoms with Crippen LogP contribution in [0.25, 0.3) is 0 Å². The van der Waals surface area contributed by atoms with Crippen LogP contribution < -0.4 is 4.52 Å². The van der Waals surface area contributed by atoms with Crippen LogP contribution in [0, 0.1) is 0 Å². The second-order valence-electron chi connectivity index (χ2n) is 3.06. The Labute approximate surface area is 94.8 Å². The topological polar surface area (TPSA) is 46.5 Å². The molecular weight excluding hydrogens is 214 g/mol. The first-order valence-corrected chi connectivity index (χ1v) is 5.74. The van der Waals surface area contributed by atoms with Gasteiger partial charge in [-0.25, -0.2) is 4.57 Å². The van der Waals surface area contributed by atoms with Gasteiger partial charge in [-0.1, -0.05) is 32.0 Å². The fourth-order valence-corrected chi connectivity index (χ4v) is 1.37. The summed E-state index contributed by atoms with van der Waals surface area (Å²) in [6.45, 7) is 3.31. The van der Waals surface area contributed by atoms with Crippen molar-refractivity contribution in [2.45, 2.75) is 19.5 Å². The van der Waals surface area contributed by atoms with Crippen molar-refractivity contribution in [1.29, 1.82) is 0 Å². The predicted octanol–water partition coefficient (Wildman–Crippen LogP) is 1.48. The quantitative estimate of drug-likeness (QED) is 0.631. The minimum absolute atomic E-state index is 0. The van der Waals surface area contributed by atoms with E-state index in [0.717, 1.165) is 0 Å². The maximum Gasteiger partial charge on any atom is 0.379 e. The Morgan fingerprint density at radius 1 is 1.29 bits per heavy atom. The third-order valence-corrected chi connectivity index (χ3v) is 3.41. The fourth-order valence-electron chi connectivity index (χ4n) is 0.738. The van der Waals surface area contributed by atoms with Crippen molar-refractivity contribution in [3.8, 4) is 5.75 Å². The molecule has 0 saturated carbocycles. The Bertz CT molecular complexity index is 313. The maximum absolute atomic E-state index is 11.4. The van der Waals surface area contributed by atoms with Gasteiger partial charge in [0, 0.05) is 0 Å². The maximum atomic E-state index is 11.4. The zero-order chi connectivity index (χ0) is 9.90. The molecule has 1 aromatic carbocycles. The smallest absolute Gasteiger partial charge is 0.379 e. The molecule has 1 N–H and O–H groups in total. The molecule has 0 fully saturated rings. The van der Waals surface area contributed by atoms with Crippen molar-refractivity contribution in [3.05, 3.63) is 30.3 Å². The summed E-state index contributed by atoms with van der Waals surface area (Å²) in [5, 5.41) is 0. The lowest BCUT2D eigenvalue weighted by Gasteiger charge is -2.15. The van der Waals surface area contributed by atoms with E-state index in [2.05, 4.69) is 0 Å². The third-order valence-electron chi connectivity index (χ3n) is 1.63. The van der Waals surface area contributed by atoms with Crippen molar-refractivity contribution in [1.82, 2.24) is 0 Å². The molecule has 0 amide bonds. The number of para-hydroxylation sites is 1. The van der Waals surface area contributed by atoms with E-state index in [9.17, 15) is 9.46 Å². The number of rotatable bonds is 3. The first-order chi connectivity index (χ1) is 6.02. The van der Waals surface area contributed by atoms with Crippen LogP contribution in [-0.2, 0) is 4.57 Å². The Kier molecular flexibility index (Phi) is 5.48. The van der Waals surface area contributed by atoms with Crippen LogP contribution in [0.15, 0.2) is 30.3 Å². The van der Waals surface area contributed by atoms with Crippen LogP contribution in [0.5, 0.6) is 5.75 Å². The van der Waals surface area contributed by atoms with Gasteiger partial charge in [0.05, 0.1) is 5.66 Å². The average molecular weight is 230 g/mol. The molecule has 3 nitrogen and oxygen atoms in total.